The summed E-state index contributed by atoms with van der Waals surface area (Å²) in [5, 5.41) is 2.90. The molecule has 2 aliphatic rings. The number of nitrogens with one attached hydrogen (secondary N) is 1. The van der Waals surface area contributed by atoms with Crippen LogP contribution >= 0.6 is 0 Å². The highest BCUT2D eigenvalue weighted by Gasteiger charge is 2.42. The smallest absolute Gasteiger partial charge is 0.262 e. The summed E-state index contributed by atoms with van der Waals surface area (Å²) in [7, 11) is 0. The summed E-state index contributed by atoms with van der Waals surface area (Å²) < 4.78 is 0. The SMILES string of the molecule is CC(=O)CCC(=O)NC1CCN(C(=O)C(C)N2C(=O)c3ccccc3C2=O)CC1. The average molecular weight is 399 g/mol. The molecular formula is C21H25N3O5. The molecule has 3 rings (SSSR count). The maximum Gasteiger partial charge on any atom is 0.262 e. The van der Waals surface area contributed by atoms with Crippen molar-refractivity contribution in [1.29, 1.82) is 0 Å². The minimum atomic E-state index is -0.885. The molecule has 0 radical (unpaired) electrons. The van der Waals surface area contributed by atoms with Gasteiger partial charge in [0.2, 0.25) is 11.8 Å². The number of likely N-dealkylation sites (tertiary alicyclic amines) is 1. The molecule has 1 aromatic rings. The molecule has 2 heterocycles. The topological polar surface area (TPSA) is 104 Å². The Kier molecular flexibility index (Phi) is 6.10. The third-order valence-electron chi connectivity index (χ3n) is 5.45. The molecule has 29 heavy (non-hydrogen) atoms. The van der Waals surface area contributed by atoms with Crippen molar-refractivity contribution < 1.29 is 24.0 Å². The molecule has 1 N–H and O–H groups in total. The highest BCUT2D eigenvalue weighted by molar-refractivity contribution is 6.22. The normalized spacial score (nSPS) is 17.9. The van der Waals surface area contributed by atoms with E-state index in [-0.39, 0.29) is 36.5 Å². The van der Waals surface area contributed by atoms with Crippen LogP contribution in [0.4, 0.5) is 0 Å². The van der Waals surface area contributed by atoms with Crippen LogP contribution in [0.25, 0.3) is 0 Å². The van der Waals surface area contributed by atoms with E-state index < -0.39 is 17.9 Å². The highest BCUT2D eigenvalue weighted by atomic mass is 16.2. The number of rotatable bonds is 6. The van der Waals surface area contributed by atoms with Crippen molar-refractivity contribution in [2.75, 3.05) is 13.1 Å². The predicted octanol–water partition coefficient (Wildman–Crippen LogP) is 1.15. The van der Waals surface area contributed by atoms with Crippen molar-refractivity contribution >= 4 is 29.4 Å². The molecule has 1 unspecified atom stereocenters. The Morgan fingerprint density at radius 3 is 2.10 bits per heavy atom. The zero-order valence-corrected chi connectivity index (χ0v) is 16.6. The first-order valence-corrected chi connectivity index (χ1v) is 9.84. The van der Waals surface area contributed by atoms with Gasteiger partial charge < -0.3 is 15.0 Å². The van der Waals surface area contributed by atoms with E-state index in [0.29, 0.717) is 37.1 Å². The fourth-order valence-electron chi connectivity index (χ4n) is 3.77. The summed E-state index contributed by atoms with van der Waals surface area (Å²) in [6, 6.07) is 5.63. The molecule has 0 spiro atoms. The first-order valence-electron chi connectivity index (χ1n) is 9.84. The number of Topliss-reactive ketones (excluding diaryl/α,β-unsaturated/α-hetero) is 1. The number of benzene rings is 1. The Morgan fingerprint density at radius 2 is 1.59 bits per heavy atom. The van der Waals surface area contributed by atoms with Crippen molar-refractivity contribution in [2.24, 2.45) is 0 Å². The molecule has 8 nitrogen and oxygen atoms in total. The lowest BCUT2D eigenvalue weighted by Crippen LogP contribution is -2.53. The van der Waals surface area contributed by atoms with Crippen LogP contribution in [0.15, 0.2) is 24.3 Å². The molecule has 0 aliphatic carbocycles. The lowest BCUT2D eigenvalue weighted by atomic mass is 10.0. The maximum absolute atomic E-state index is 12.9. The quantitative estimate of drug-likeness (QED) is 0.723. The van der Waals surface area contributed by atoms with Gasteiger partial charge >= 0.3 is 0 Å². The second-order valence-corrected chi connectivity index (χ2v) is 7.57. The first-order chi connectivity index (χ1) is 13.8. The van der Waals surface area contributed by atoms with Crippen LogP contribution in [-0.2, 0) is 14.4 Å². The van der Waals surface area contributed by atoms with Gasteiger partial charge in [-0.1, -0.05) is 12.1 Å². The highest BCUT2D eigenvalue weighted by Crippen LogP contribution is 2.25. The molecule has 2 aliphatic heterocycles. The molecule has 1 atom stereocenters. The second-order valence-electron chi connectivity index (χ2n) is 7.57. The Hall–Kier alpha value is -3.03. The second kappa shape index (κ2) is 8.55. The predicted molar refractivity (Wildman–Crippen MR) is 104 cm³/mol. The molecule has 1 saturated heterocycles. The Labute approximate surface area is 169 Å². The molecule has 1 aromatic carbocycles. The van der Waals surface area contributed by atoms with Crippen LogP contribution in [0.3, 0.4) is 0 Å². The third kappa shape index (κ3) is 4.36. The van der Waals surface area contributed by atoms with E-state index >= 15 is 0 Å². The van der Waals surface area contributed by atoms with Crippen LogP contribution in [-0.4, -0.2) is 64.4 Å². The van der Waals surface area contributed by atoms with E-state index in [2.05, 4.69) is 5.32 Å². The van der Waals surface area contributed by atoms with E-state index in [1.807, 2.05) is 0 Å². The summed E-state index contributed by atoms with van der Waals surface area (Å²) in [4.78, 5) is 63.6. The fourth-order valence-corrected chi connectivity index (χ4v) is 3.77. The van der Waals surface area contributed by atoms with Crippen molar-refractivity contribution in [1.82, 2.24) is 15.1 Å². The zero-order chi connectivity index (χ0) is 21.1. The lowest BCUT2D eigenvalue weighted by molar-refractivity contribution is -0.136. The lowest BCUT2D eigenvalue weighted by Gasteiger charge is -2.35. The number of piperidine rings is 1. The number of carbonyl (C=O) groups is 5. The largest absolute Gasteiger partial charge is 0.353 e. The molecule has 0 saturated carbocycles. The summed E-state index contributed by atoms with van der Waals surface area (Å²) in [5.74, 6) is -1.36. The summed E-state index contributed by atoms with van der Waals surface area (Å²) >= 11 is 0. The zero-order valence-electron chi connectivity index (χ0n) is 16.6. The van der Waals surface area contributed by atoms with Gasteiger partial charge in [0.05, 0.1) is 11.1 Å². The Bertz CT molecular complexity index is 823. The van der Waals surface area contributed by atoms with Crippen LogP contribution in [0, 0.1) is 0 Å². The minimum absolute atomic E-state index is 0.0253. The number of fused-ring (bicyclic) bond motifs is 1. The van der Waals surface area contributed by atoms with Gasteiger partial charge in [-0.2, -0.15) is 0 Å². The number of amides is 4. The van der Waals surface area contributed by atoms with Crippen LogP contribution in [0.2, 0.25) is 0 Å². The van der Waals surface area contributed by atoms with Crippen LogP contribution in [0.5, 0.6) is 0 Å². The van der Waals surface area contributed by atoms with Crippen molar-refractivity contribution in [3.8, 4) is 0 Å². The van der Waals surface area contributed by atoms with Gasteiger partial charge in [-0.25, -0.2) is 0 Å². The average Bonchev–Trinajstić information content (AvgIpc) is 2.96. The summed E-state index contributed by atoms with van der Waals surface area (Å²) in [6.45, 7) is 3.89. The van der Waals surface area contributed by atoms with Gasteiger partial charge in [0.1, 0.15) is 11.8 Å². The van der Waals surface area contributed by atoms with Crippen molar-refractivity contribution in [3.05, 3.63) is 35.4 Å². The maximum atomic E-state index is 12.9. The molecule has 154 valence electrons. The van der Waals surface area contributed by atoms with Crippen molar-refractivity contribution in [3.63, 3.8) is 0 Å². The number of nitrogens with zero attached hydrogens (tertiary/aromatic N) is 2. The van der Waals surface area contributed by atoms with Crippen LogP contribution in [0.1, 0.15) is 60.2 Å². The third-order valence-corrected chi connectivity index (χ3v) is 5.45. The Balaban J connectivity index is 1.55. The molecule has 4 amide bonds. The summed E-state index contributed by atoms with van der Waals surface area (Å²) in [6.07, 6.45) is 1.57. The minimum Gasteiger partial charge on any atom is -0.353 e. The van der Waals surface area contributed by atoms with E-state index in [1.165, 1.54) is 6.92 Å². The van der Waals surface area contributed by atoms with Gasteiger partial charge in [-0.15, -0.1) is 0 Å². The van der Waals surface area contributed by atoms with Crippen molar-refractivity contribution in [2.45, 2.75) is 51.6 Å². The van der Waals surface area contributed by atoms with E-state index in [0.717, 1.165) is 4.90 Å². The van der Waals surface area contributed by atoms with Gasteiger partial charge in [0.25, 0.3) is 11.8 Å². The van der Waals surface area contributed by atoms with Gasteiger partial charge in [0, 0.05) is 32.0 Å². The molecule has 0 bridgehead atoms. The Morgan fingerprint density at radius 1 is 1.03 bits per heavy atom. The van der Waals surface area contributed by atoms with E-state index in [1.54, 1.807) is 36.1 Å². The monoisotopic (exact) mass is 399 g/mol. The molecular weight excluding hydrogens is 374 g/mol. The number of hydrogen-bond donors (Lipinski definition) is 1. The van der Waals surface area contributed by atoms with Gasteiger partial charge in [-0.05, 0) is 38.8 Å². The number of hydrogen-bond acceptors (Lipinski definition) is 5. The van der Waals surface area contributed by atoms with E-state index in [4.69, 9.17) is 0 Å². The number of imide groups is 1. The summed E-state index contributed by atoms with van der Waals surface area (Å²) in [5.41, 5.74) is 0.647. The standard InChI is InChI=1S/C21H25N3O5/c1-13(25)7-8-18(26)22-15-9-11-23(12-10-15)19(27)14(2)24-20(28)16-5-3-4-6-17(16)21(24)29/h3-6,14-15H,7-12H2,1-2H3,(H,22,26). The van der Waals surface area contributed by atoms with Crippen LogP contribution < -0.4 is 5.32 Å². The number of carbonyl (C=O) groups excluding carboxylic acids is 5. The molecule has 0 aromatic heterocycles. The number of ketones is 1. The first kappa shape index (κ1) is 20.7. The molecule has 1 fully saturated rings. The van der Waals surface area contributed by atoms with Gasteiger partial charge in [0.15, 0.2) is 0 Å². The fraction of sp³-hybridized carbons (Fsp3) is 0.476. The van der Waals surface area contributed by atoms with Gasteiger partial charge in [-0.3, -0.25) is 24.1 Å². The van der Waals surface area contributed by atoms with E-state index in [9.17, 15) is 24.0 Å². The molecule has 8 heteroatoms.